The van der Waals surface area contributed by atoms with Gasteiger partial charge in [-0.3, -0.25) is 9.78 Å². The van der Waals surface area contributed by atoms with Crippen LogP contribution in [0.2, 0.25) is 5.02 Å². The summed E-state index contributed by atoms with van der Waals surface area (Å²) in [5.41, 5.74) is 3.49. The normalized spacial score (nSPS) is 16.2. The Balaban J connectivity index is 1.41. The van der Waals surface area contributed by atoms with Crippen molar-refractivity contribution in [3.05, 3.63) is 78.1 Å². The quantitative estimate of drug-likeness (QED) is 0.641. The van der Waals surface area contributed by atoms with E-state index in [1.165, 1.54) is 0 Å². The summed E-state index contributed by atoms with van der Waals surface area (Å²) in [6, 6.07) is 17.5. The smallest absolute Gasteiger partial charge is 0.319 e. The Morgan fingerprint density at radius 3 is 2.50 bits per heavy atom. The maximum absolute atomic E-state index is 13.0. The van der Waals surface area contributed by atoms with E-state index in [1.54, 1.807) is 41.6 Å². The molecule has 3 amide bonds. The summed E-state index contributed by atoms with van der Waals surface area (Å²) in [5, 5.41) is 6.11. The third-order valence-corrected chi connectivity index (χ3v) is 5.27. The van der Waals surface area contributed by atoms with E-state index in [0.717, 1.165) is 23.2 Å². The number of pyridine rings is 1. The van der Waals surface area contributed by atoms with Crippen molar-refractivity contribution in [1.82, 2.24) is 10.3 Å². The van der Waals surface area contributed by atoms with E-state index in [1.807, 2.05) is 36.4 Å². The van der Waals surface area contributed by atoms with Crippen molar-refractivity contribution in [3.8, 4) is 11.1 Å². The number of amides is 3. The summed E-state index contributed by atoms with van der Waals surface area (Å²) >= 11 is 5.86. The van der Waals surface area contributed by atoms with Crippen LogP contribution in [0.15, 0.2) is 73.1 Å². The van der Waals surface area contributed by atoms with Gasteiger partial charge in [-0.1, -0.05) is 29.8 Å². The van der Waals surface area contributed by atoms with Gasteiger partial charge in [0.05, 0.1) is 0 Å². The molecule has 1 aromatic heterocycles. The predicted molar refractivity (Wildman–Crippen MR) is 119 cm³/mol. The van der Waals surface area contributed by atoms with Crippen LogP contribution >= 0.6 is 11.6 Å². The number of hydrogen-bond acceptors (Lipinski definition) is 3. The van der Waals surface area contributed by atoms with Crippen LogP contribution in [0.4, 0.5) is 16.2 Å². The summed E-state index contributed by atoms with van der Waals surface area (Å²) in [6.45, 7) is 0.627. The van der Waals surface area contributed by atoms with Crippen LogP contribution in [0.3, 0.4) is 0 Å². The van der Waals surface area contributed by atoms with Gasteiger partial charge in [0.25, 0.3) is 0 Å². The molecule has 152 valence electrons. The zero-order valence-electron chi connectivity index (χ0n) is 16.2. The summed E-state index contributed by atoms with van der Waals surface area (Å²) < 4.78 is 0. The predicted octanol–water partition coefficient (Wildman–Crippen LogP) is 4.72. The maximum Gasteiger partial charge on any atom is 0.319 e. The number of piperidine rings is 1. The fourth-order valence-corrected chi connectivity index (χ4v) is 3.62. The van der Waals surface area contributed by atoms with Crippen LogP contribution in [-0.4, -0.2) is 29.5 Å². The van der Waals surface area contributed by atoms with Crippen LogP contribution in [0.25, 0.3) is 11.1 Å². The van der Waals surface area contributed by atoms with E-state index in [9.17, 15) is 9.59 Å². The average molecular weight is 421 g/mol. The molecule has 0 radical (unpaired) electrons. The van der Waals surface area contributed by atoms with Gasteiger partial charge in [-0.2, -0.15) is 0 Å². The van der Waals surface area contributed by atoms with Gasteiger partial charge in [0.15, 0.2) is 0 Å². The topological polar surface area (TPSA) is 74.3 Å². The molecule has 1 aliphatic heterocycles. The second kappa shape index (κ2) is 8.97. The summed E-state index contributed by atoms with van der Waals surface area (Å²) in [5.74, 6) is -0.110. The molecule has 2 aromatic carbocycles. The molecule has 7 heteroatoms. The summed E-state index contributed by atoms with van der Waals surface area (Å²) in [6.07, 6.45) is 4.96. The molecule has 1 fully saturated rings. The number of nitrogens with one attached hydrogen (secondary N) is 2. The lowest BCUT2D eigenvalue weighted by Crippen LogP contribution is -2.53. The first-order valence-electron chi connectivity index (χ1n) is 9.75. The molecule has 2 N–H and O–H groups in total. The molecular formula is C23H21ClN4O2. The van der Waals surface area contributed by atoms with Crippen molar-refractivity contribution in [1.29, 1.82) is 0 Å². The van der Waals surface area contributed by atoms with Crippen molar-refractivity contribution in [2.75, 3.05) is 16.8 Å². The van der Waals surface area contributed by atoms with E-state index in [2.05, 4.69) is 15.6 Å². The van der Waals surface area contributed by atoms with Crippen molar-refractivity contribution in [2.45, 2.75) is 18.9 Å². The van der Waals surface area contributed by atoms with Crippen LogP contribution < -0.4 is 15.5 Å². The first-order chi connectivity index (χ1) is 14.6. The molecule has 4 rings (SSSR count). The van der Waals surface area contributed by atoms with Crippen molar-refractivity contribution in [3.63, 3.8) is 0 Å². The van der Waals surface area contributed by atoms with Gasteiger partial charge in [-0.05, 0) is 66.4 Å². The Hall–Kier alpha value is -3.38. The minimum Gasteiger partial charge on any atom is -0.326 e. The van der Waals surface area contributed by atoms with E-state index >= 15 is 0 Å². The zero-order chi connectivity index (χ0) is 20.9. The summed E-state index contributed by atoms with van der Waals surface area (Å²) in [4.78, 5) is 31.2. The molecular weight excluding hydrogens is 400 g/mol. The highest BCUT2D eigenvalue weighted by atomic mass is 35.5. The fourth-order valence-electron chi connectivity index (χ4n) is 3.49. The minimum absolute atomic E-state index is 0.110. The molecule has 1 atom stereocenters. The van der Waals surface area contributed by atoms with E-state index in [-0.39, 0.29) is 5.91 Å². The number of urea groups is 1. The van der Waals surface area contributed by atoms with Crippen molar-refractivity contribution in [2.24, 2.45) is 0 Å². The largest absolute Gasteiger partial charge is 0.326 e. The molecule has 1 saturated heterocycles. The number of halogens is 1. The molecule has 6 nitrogen and oxygen atoms in total. The first kappa shape index (κ1) is 19.9. The van der Waals surface area contributed by atoms with E-state index < -0.39 is 12.1 Å². The molecule has 0 aliphatic carbocycles. The van der Waals surface area contributed by atoms with Crippen molar-refractivity contribution < 1.29 is 9.59 Å². The molecule has 2 heterocycles. The maximum atomic E-state index is 13.0. The molecule has 3 aromatic rings. The molecule has 0 spiro atoms. The molecule has 1 aliphatic rings. The highest BCUT2D eigenvalue weighted by Crippen LogP contribution is 2.25. The Morgan fingerprint density at radius 1 is 1.03 bits per heavy atom. The zero-order valence-corrected chi connectivity index (χ0v) is 17.0. The van der Waals surface area contributed by atoms with Crippen LogP contribution in [0.5, 0.6) is 0 Å². The highest BCUT2D eigenvalue weighted by molar-refractivity contribution is 6.30. The Bertz CT molecular complexity index is 1020. The number of carbonyl (C=O) groups excluding carboxylic acids is 2. The van der Waals surface area contributed by atoms with Crippen LogP contribution in [-0.2, 0) is 4.79 Å². The number of hydrogen-bond donors (Lipinski definition) is 2. The van der Waals surface area contributed by atoms with Gasteiger partial charge in [0.2, 0.25) is 5.91 Å². The van der Waals surface area contributed by atoms with E-state index in [4.69, 9.17) is 11.6 Å². The number of rotatable bonds is 4. The average Bonchev–Trinajstić information content (AvgIpc) is 2.78. The standard InChI is InChI=1S/C23H21ClN4O2/c24-18-7-9-19(10-8-18)26-23(30)27-21-4-2-14-28(22(21)29)20-11-5-16(6-12-20)17-3-1-13-25-15-17/h1,3,5-13,15,21H,2,4,14H2,(H2,26,27,30). The first-order valence-corrected chi connectivity index (χ1v) is 10.1. The van der Waals surface area contributed by atoms with Gasteiger partial charge < -0.3 is 15.5 Å². The van der Waals surface area contributed by atoms with Gasteiger partial charge in [-0.15, -0.1) is 0 Å². The summed E-state index contributed by atoms with van der Waals surface area (Å²) in [7, 11) is 0. The SMILES string of the molecule is O=C(Nc1ccc(Cl)cc1)NC1CCCN(c2ccc(-c3cccnc3)cc2)C1=O. The number of carbonyl (C=O) groups is 2. The van der Waals surface area contributed by atoms with Gasteiger partial charge >= 0.3 is 6.03 Å². The number of aromatic nitrogens is 1. The number of nitrogens with zero attached hydrogens (tertiary/aromatic N) is 2. The Kier molecular flexibility index (Phi) is 5.95. The molecule has 30 heavy (non-hydrogen) atoms. The van der Waals surface area contributed by atoms with Gasteiger partial charge in [-0.25, -0.2) is 4.79 Å². The van der Waals surface area contributed by atoms with Gasteiger partial charge in [0, 0.05) is 35.3 Å². The highest BCUT2D eigenvalue weighted by Gasteiger charge is 2.30. The monoisotopic (exact) mass is 420 g/mol. The third kappa shape index (κ3) is 4.60. The van der Waals surface area contributed by atoms with E-state index in [0.29, 0.717) is 23.7 Å². The molecule has 0 bridgehead atoms. The Labute approximate surface area is 179 Å². The van der Waals surface area contributed by atoms with Crippen LogP contribution in [0.1, 0.15) is 12.8 Å². The number of anilines is 2. The van der Waals surface area contributed by atoms with Gasteiger partial charge in [0.1, 0.15) is 6.04 Å². The second-order valence-electron chi connectivity index (χ2n) is 7.08. The Morgan fingerprint density at radius 2 is 1.80 bits per heavy atom. The third-order valence-electron chi connectivity index (χ3n) is 5.02. The minimum atomic E-state index is -0.566. The second-order valence-corrected chi connectivity index (χ2v) is 7.52. The lowest BCUT2D eigenvalue weighted by Gasteiger charge is -2.32. The number of benzene rings is 2. The van der Waals surface area contributed by atoms with Crippen LogP contribution in [0, 0.1) is 0 Å². The lowest BCUT2D eigenvalue weighted by molar-refractivity contribution is -0.121. The fraction of sp³-hybridized carbons (Fsp3) is 0.174. The lowest BCUT2D eigenvalue weighted by atomic mass is 10.0. The molecule has 1 unspecified atom stereocenters. The molecule has 0 saturated carbocycles. The van der Waals surface area contributed by atoms with Crippen molar-refractivity contribution >= 4 is 34.9 Å².